The second-order valence-corrected chi connectivity index (χ2v) is 10.0. The summed E-state index contributed by atoms with van der Waals surface area (Å²) in [6.07, 6.45) is 0. The van der Waals surface area contributed by atoms with E-state index in [1.54, 1.807) is 57.7 Å². The van der Waals surface area contributed by atoms with E-state index in [1.807, 2.05) is 36.1 Å². The first kappa shape index (κ1) is 26.5. The fraction of sp³-hybridized carbons (Fsp3) is 0.321. The van der Waals surface area contributed by atoms with Gasteiger partial charge in [-0.25, -0.2) is 4.21 Å². The Labute approximate surface area is 220 Å². The largest absolute Gasteiger partial charge is 0.497 e. The van der Waals surface area contributed by atoms with Gasteiger partial charge in [0.05, 0.1) is 26.2 Å². The highest BCUT2D eigenvalue weighted by Gasteiger charge is 2.24. The normalized spacial score (nSPS) is 14.6. The average Bonchev–Trinajstić information content (AvgIpc) is 2.93. The third-order valence-electron chi connectivity index (χ3n) is 6.50. The van der Waals surface area contributed by atoms with Gasteiger partial charge in [0.2, 0.25) is 0 Å². The number of hydrogen-bond acceptors (Lipinski definition) is 6. The number of nitrogens with zero attached hydrogens (tertiary/aromatic N) is 2. The number of anilines is 1. The minimum absolute atomic E-state index is 0.0422. The summed E-state index contributed by atoms with van der Waals surface area (Å²) in [7, 11) is 3.41. The van der Waals surface area contributed by atoms with E-state index < -0.39 is 11.0 Å². The molecule has 1 unspecified atom stereocenters. The van der Waals surface area contributed by atoms with Crippen LogP contribution >= 0.6 is 0 Å². The van der Waals surface area contributed by atoms with Gasteiger partial charge in [-0.3, -0.25) is 9.69 Å². The molecule has 8 nitrogen and oxygen atoms in total. The Morgan fingerprint density at radius 3 is 2.19 bits per heavy atom. The topological polar surface area (TPSA) is 80.3 Å². The Bertz CT molecular complexity index is 1260. The summed E-state index contributed by atoms with van der Waals surface area (Å²) >= 11 is 0. The first-order valence-corrected chi connectivity index (χ1v) is 13.2. The molecule has 1 aliphatic rings. The van der Waals surface area contributed by atoms with Gasteiger partial charge < -0.3 is 23.8 Å². The summed E-state index contributed by atoms with van der Waals surface area (Å²) < 4.78 is 32.0. The van der Waals surface area contributed by atoms with Crippen molar-refractivity contribution in [2.45, 2.75) is 18.4 Å². The summed E-state index contributed by atoms with van der Waals surface area (Å²) in [5.41, 5.74) is 3.19. The summed E-state index contributed by atoms with van der Waals surface area (Å²) in [5.74, 6) is 2.29. The molecule has 0 bridgehead atoms. The summed E-state index contributed by atoms with van der Waals surface area (Å²) in [6, 6.07) is 18.4. The number of carbonyl (C=O) groups excluding carboxylic acids is 1. The predicted molar refractivity (Wildman–Crippen MR) is 145 cm³/mol. The van der Waals surface area contributed by atoms with Gasteiger partial charge in [0.15, 0.2) is 0 Å². The average molecular weight is 524 g/mol. The van der Waals surface area contributed by atoms with E-state index in [0.29, 0.717) is 35.8 Å². The summed E-state index contributed by atoms with van der Waals surface area (Å²) in [4.78, 5) is 18.1. The molecule has 0 radical (unpaired) electrons. The molecule has 1 saturated heterocycles. The van der Waals surface area contributed by atoms with Crippen LogP contribution < -0.4 is 18.9 Å². The first-order valence-electron chi connectivity index (χ1n) is 12.1. The standard InChI is InChI=1S/C28H33N3O5S/c1-20-5-11-25(37(33)29-22-6-8-23(34-2)9-7-22)18-26(20)28(32)31-15-13-30(14-16-31)19-21-17-24(35-3)10-12-27(21)36-4/h5-12,17-18,29H,13-16,19H2,1-4H3. The third-order valence-corrected chi connectivity index (χ3v) is 7.60. The molecular weight excluding hydrogens is 490 g/mol. The number of amides is 1. The van der Waals surface area contributed by atoms with Gasteiger partial charge in [0, 0.05) is 49.5 Å². The van der Waals surface area contributed by atoms with Crippen LogP contribution in [-0.4, -0.2) is 67.4 Å². The highest BCUT2D eigenvalue weighted by molar-refractivity contribution is 7.86. The second kappa shape index (κ2) is 12.1. The van der Waals surface area contributed by atoms with E-state index in [-0.39, 0.29) is 5.91 Å². The number of piperazine rings is 1. The lowest BCUT2D eigenvalue weighted by Crippen LogP contribution is -2.48. The Morgan fingerprint density at radius 1 is 0.865 bits per heavy atom. The van der Waals surface area contributed by atoms with E-state index in [9.17, 15) is 9.00 Å². The lowest BCUT2D eigenvalue weighted by atomic mass is 10.1. The van der Waals surface area contributed by atoms with Gasteiger partial charge in [-0.05, 0) is 67.1 Å². The minimum atomic E-state index is -1.51. The molecule has 0 aliphatic carbocycles. The van der Waals surface area contributed by atoms with Crippen LogP contribution in [-0.2, 0) is 17.5 Å². The van der Waals surface area contributed by atoms with Crippen LogP contribution in [0.4, 0.5) is 5.69 Å². The Kier molecular flexibility index (Phi) is 8.68. The Balaban J connectivity index is 1.39. The zero-order valence-corrected chi connectivity index (χ0v) is 22.5. The fourth-order valence-electron chi connectivity index (χ4n) is 4.30. The molecule has 1 amide bonds. The highest BCUT2D eigenvalue weighted by Crippen LogP contribution is 2.26. The molecule has 1 heterocycles. The van der Waals surface area contributed by atoms with Crippen molar-refractivity contribution < 1.29 is 23.2 Å². The van der Waals surface area contributed by atoms with Gasteiger partial charge in [-0.15, -0.1) is 0 Å². The monoisotopic (exact) mass is 523 g/mol. The number of ether oxygens (including phenoxy) is 3. The van der Waals surface area contributed by atoms with Gasteiger partial charge >= 0.3 is 0 Å². The Morgan fingerprint density at radius 2 is 1.54 bits per heavy atom. The molecule has 0 aromatic heterocycles. The number of rotatable bonds is 9. The molecule has 0 spiro atoms. The molecule has 1 N–H and O–H groups in total. The molecule has 9 heteroatoms. The maximum absolute atomic E-state index is 13.4. The van der Waals surface area contributed by atoms with E-state index in [2.05, 4.69) is 9.62 Å². The third kappa shape index (κ3) is 6.42. The van der Waals surface area contributed by atoms with Crippen LogP contribution in [0.2, 0.25) is 0 Å². The van der Waals surface area contributed by atoms with Gasteiger partial charge in [0.25, 0.3) is 5.91 Å². The zero-order chi connectivity index (χ0) is 26.4. The lowest BCUT2D eigenvalue weighted by Gasteiger charge is -2.35. The molecule has 4 rings (SSSR count). The van der Waals surface area contributed by atoms with Crippen LogP contribution in [0.3, 0.4) is 0 Å². The number of carbonyl (C=O) groups is 1. The van der Waals surface area contributed by atoms with Crippen LogP contribution in [0.1, 0.15) is 21.5 Å². The molecule has 196 valence electrons. The summed E-state index contributed by atoms with van der Waals surface area (Å²) in [5, 5.41) is 0. The van der Waals surface area contributed by atoms with E-state index in [1.165, 1.54) is 0 Å². The number of nitrogens with one attached hydrogen (secondary N) is 1. The van der Waals surface area contributed by atoms with E-state index in [4.69, 9.17) is 14.2 Å². The number of methoxy groups -OCH3 is 3. The molecule has 1 aliphatic heterocycles. The second-order valence-electron chi connectivity index (χ2n) is 8.82. The highest BCUT2D eigenvalue weighted by atomic mass is 32.2. The number of aryl methyl sites for hydroxylation is 1. The maximum atomic E-state index is 13.4. The van der Waals surface area contributed by atoms with Crippen LogP contribution in [0, 0.1) is 6.92 Å². The smallest absolute Gasteiger partial charge is 0.254 e. The van der Waals surface area contributed by atoms with Gasteiger partial charge in [0.1, 0.15) is 28.2 Å². The molecule has 1 fully saturated rings. The van der Waals surface area contributed by atoms with Crippen molar-refractivity contribution in [3.05, 3.63) is 77.4 Å². The maximum Gasteiger partial charge on any atom is 0.254 e. The fourth-order valence-corrected chi connectivity index (χ4v) is 5.18. The van der Waals surface area contributed by atoms with Crippen molar-refractivity contribution in [2.24, 2.45) is 0 Å². The van der Waals surface area contributed by atoms with E-state index >= 15 is 0 Å². The molecule has 3 aromatic rings. The van der Waals surface area contributed by atoms with Crippen molar-refractivity contribution in [1.29, 1.82) is 0 Å². The van der Waals surface area contributed by atoms with Crippen molar-refractivity contribution >= 4 is 22.6 Å². The lowest BCUT2D eigenvalue weighted by molar-refractivity contribution is 0.0626. The minimum Gasteiger partial charge on any atom is -0.497 e. The first-order chi connectivity index (χ1) is 17.9. The predicted octanol–water partition coefficient (Wildman–Crippen LogP) is 4.11. The molecular formula is C28H33N3O5S. The molecule has 37 heavy (non-hydrogen) atoms. The number of benzene rings is 3. The quantitative estimate of drug-likeness (QED) is 0.455. The number of hydrogen-bond donors (Lipinski definition) is 1. The summed E-state index contributed by atoms with van der Waals surface area (Å²) in [6.45, 7) is 5.34. The molecule has 0 saturated carbocycles. The van der Waals surface area contributed by atoms with Crippen LogP contribution in [0.5, 0.6) is 17.2 Å². The zero-order valence-electron chi connectivity index (χ0n) is 21.7. The van der Waals surface area contributed by atoms with Gasteiger partial charge in [-0.2, -0.15) is 0 Å². The SMILES string of the molecule is COc1ccc(NS(=O)c2ccc(C)c(C(=O)N3CCN(Cc4cc(OC)ccc4OC)CC3)c2)cc1. The van der Waals surface area contributed by atoms with Crippen molar-refractivity contribution in [2.75, 3.05) is 52.2 Å². The van der Waals surface area contributed by atoms with Gasteiger partial charge in [-0.1, -0.05) is 6.07 Å². The van der Waals surface area contributed by atoms with Crippen LogP contribution in [0.15, 0.2) is 65.6 Å². The van der Waals surface area contributed by atoms with Crippen molar-refractivity contribution in [3.63, 3.8) is 0 Å². The van der Waals surface area contributed by atoms with Crippen LogP contribution in [0.25, 0.3) is 0 Å². The van der Waals surface area contributed by atoms with Crippen molar-refractivity contribution in [1.82, 2.24) is 9.80 Å². The van der Waals surface area contributed by atoms with E-state index in [0.717, 1.165) is 41.5 Å². The Hall–Kier alpha value is -3.56. The molecule has 3 aromatic carbocycles. The molecule has 1 atom stereocenters. The van der Waals surface area contributed by atoms with Crippen molar-refractivity contribution in [3.8, 4) is 17.2 Å².